The molecular formula is C11H16. The first-order valence-corrected chi connectivity index (χ1v) is 4.23. The van der Waals surface area contributed by atoms with E-state index in [9.17, 15) is 0 Å². The third kappa shape index (κ3) is 2.07. The highest BCUT2D eigenvalue weighted by molar-refractivity contribution is 5.35. The van der Waals surface area contributed by atoms with Gasteiger partial charge in [-0.3, -0.25) is 0 Å². The highest BCUT2D eigenvalue weighted by atomic mass is 14.1. The van der Waals surface area contributed by atoms with Crippen LogP contribution >= 0.6 is 0 Å². The SMILES string of the molecule is CC=C(C)C1=CC=C(C)CC1. The topological polar surface area (TPSA) is 0 Å². The second-order valence-electron chi connectivity index (χ2n) is 3.18. The summed E-state index contributed by atoms with van der Waals surface area (Å²) in [6.07, 6.45) is 9.11. The van der Waals surface area contributed by atoms with Gasteiger partial charge in [0.15, 0.2) is 0 Å². The fourth-order valence-corrected chi connectivity index (χ4v) is 1.26. The van der Waals surface area contributed by atoms with Crippen molar-refractivity contribution in [3.8, 4) is 0 Å². The molecule has 0 heterocycles. The molecular weight excluding hydrogens is 132 g/mol. The van der Waals surface area contributed by atoms with Crippen molar-refractivity contribution in [2.45, 2.75) is 33.6 Å². The molecule has 0 amide bonds. The lowest BCUT2D eigenvalue weighted by Gasteiger charge is -2.11. The Morgan fingerprint density at radius 3 is 2.55 bits per heavy atom. The predicted octanol–water partition coefficient (Wildman–Crippen LogP) is 3.62. The van der Waals surface area contributed by atoms with Crippen LogP contribution in [0.5, 0.6) is 0 Å². The van der Waals surface area contributed by atoms with Crippen LogP contribution in [0.15, 0.2) is 34.9 Å². The molecule has 0 N–H and O–H groups in total. The quantitative estimate of drug-likeness (QED) is 0.532. The van der Waals surface area contributed by atoms with Gasteiger partial charge in [0, 0.05) is 0 Å². The molecule has 11 heavy (non-hydrogen) atoms. The number of allylic oxidation sites excluding steroid dienone is 6. The molecule has 1 rings (SSSR count). The molecule has 0 bridgehead atoms. The molecule has 0 aromatic heterocycles. The number of hydrogen-bond donors (Lipinski definition) is 0. The van der Waals surface area contributed by atoms with Crippen molar-refractivity contribution in [2.75, 3.05) is 0 Å². The van der Waals surface area contributed by atoms with Crippen molar-refractivity contribution >= 4 is 0 Å². The summed E-state index contributed by atoms with van der Waals surface area (Å²) in [5.41, 5.74) is 4.42. The maximum Gasteiger partial charge on any atom is -0.0239 e. The maximum absolute atomic E-state index is 2.24. The van der Waals surface area contributed by atoms with Crippen molar-refractivity contribution < 1.29 is 0 Å². The fraction of sp³-hybridized carbons (Fsp3) is 0.455. The summed E-state index contributed by atoms with van der Waals surface area (Å²) in [6.45, 7) is 6.47. The van der Waals surface area contributed by atoms with Crippen molar-refractivity contribution in [3.63, 3.8) is 0 Å². The van der Waals surface area contributed by atoms with E-state index in [1.165, 1.54) is 29.6 Å². The van der Waals surface area contributed by atoms with Gasteiger partial charge in [0.2, 0.25) is 0 Å². The second-order valence-corrected chi connectivity index (χ2v) is 3.18. The summed E-state index contributed by atoms with van der Waals surface area (Å²) >= 11 is 0. The summed E-state index contributed by atoms with van der Waals surface area (Å²) in [4.78, 5) is 0. The third-order valence-corrected chi connectivity index (χ3v) is 2.30. The average Bonchev–Trinajstić information content (AvgIpc) is 2.05. The van der Waals surface area contributed by atoms with E-state index in [1.807, 2.05) is 0 Å². The molecule has 0 radical (unpaired) electrons. The number of hydrogen-bond acceptors (Lipinski definition) is 0. The van der Waals surface area contributed by atoms with Gasteiger partial charge in [0.25, 0.3) is 0 Å². The summed E-state index contributed by atoms with van der Waals surface area (Å²) in [5, 5.41) is 0. The zero-order chi connectivity index (χ0) is 8.27. The first kappa shape index (κ1) is 8.32. The van der Waals surface area contributed by atoms with E-state index in [4.69, 9.17) is 0 Å². The molecule has 0 unspecified atom stereocenters. The van der Waals surface area contributed by atoms with Gasteiger partial charge in [0.05, 0.1) is 0 Å². The highest BCUT2D eigenvalue weighted by Gasteiger charge is 2.03. The largest absolute Gasteiger partial charge is 0.0844 e. The maximum atomic E-state index is 2.24. The van der Waals surface area contributed by atoms with Crippen LogP contribution in [0.2, 0.25) is 0 Å². The third-order valence-electron chi connectivity index (χ3n) is 2.30. The minimum atomic E-state index is 1.22. The molecule has 0 atom stereocenters. The summed E-state index contributed by atoms with van der Waals surface area (Å²) in [6, 6.07) is 0. The summed E-state index contributed by atoms with van der Waals surface area (Å²) in [5.74, 6) is 0. The second kappa shape index (κ2) is 3.56. The fourth-order valence-electron chi connectivity index (χ4n) is 1.26. The Bertz CT molecular complexity index is 226. The normalized spacial score (nSPS) is 19.4. The van der Waals surface area contributed by atoms with Gasteiger partial charge in [-0.15, -0.1) is 0 Å². The molecule has 60 valence electrons. The molecule has 0 fully saturated rings. The Morgan fingerprint density at radius 2 is 2.09 bits per heavy atom. The Morgan fingerprint density at radius 1 is 1.36 bits per heavy atom. The molecule has 1 aliphatic carbocycles. The molecule has 0 aliphatic heterocycles. The van der Waals surface area contributed by atoms with Crippen LogP contribution < -0.4 is 0 Å². The molecule has 0 aromatic rings. The van der Waals surface area contributed by atoms with Crippen LogP contribution in [-0.4, -0.2) is 0 Å². The van der Waals surface area contributed by atoms with Crippen molar-refractivity contribution in [3.05, 3.63) is 34.9 Å². The molecule has 0 nitrogen and oxygen atoms in total. The van der Waals surface area contributed by atoms with Crippen LogP contribution in [0.3, 0.4) is 0 Å². The minimum Gasteiger partial charge on any atom is -0.0844 e. The van der Waals surface area contributed by atoms with Crippen molar-refractivity contribution in [2.24, 2.45) is 0 Å². The van der Waals surface area contributed by atoms with E-state index >= 15 is 0 Å². The Balaban J connectivity index is 2.76. The van der Waals surface area contributed by atoms with Crippen LogP contribution in [0, 0.1) is 0 Å². The molecule has 0 saturated carbocycles. The van der Waals surface area contributed by atoms with E-state index < -0.39 is 0 Å². The Hall–Kier alpha value is -0.780. The number of rotatable bonds is 1. The molecule has 1 aliphatic rings. The standard InChI is InChI=1S/C11H16/c1-4-10(3)11-7-5-9(2)6-8-11/h4-5,7H,6,8H2,1-3H3. The lowest BCUT2D eigenvalue weighted by atomic mass is 9.95. The monoisotopic (exact) mass is 148 g/mol. The summed E-state index contributed by atoms with van der Waals surface area (Å²) in [7, 11) is 0. The van der Waals surface area contributed by atoms with E-state index in [-0.39, 0.29) is 0 Å². The first-order chi connectivity index (χ1) is 5.24. The molecule has 0 heteroatoms. The molecule has 0 saturated heterocycles. The van der Waals surface area contributed by atoms with Gasteiger partial charge in [0.1, 0.15) is 0 Å². The van der Waals surface area contributed by atoms with E-state index in [1.54, 1.807) is 0 Å². The van der Waals surface area contributed by atoms with Crippen LogP contribution in [0.25, 0.3) is 0 Å². The van der Waals surface area contributed by atoms with Crippen LogP contribution in [-0.2, 0) is 0 Å². The molecule has 0 spiro atoms. The lowest BCUT2D eigenvalue weighted by Crippen LogP contribution is -1.91. The van der Waals surface area contributed by atoms with Gasteiger partial charge in [-0.25, -0.2) is 0 Å². The van der Waals surface area contributed by atoms with Gasteiger partial charge in [-0.2, -0.15) is 0 Å². The van der Waals surface area contributed by atoms with Gasteiger partial charge < -0.3 is 0 Å². The summed E-state index contributed by atoms with van der Waals surface area (Å²) < 4.78 is 0. The zero-order valence-electron chi connectivity index (χ0n) is 7.65. The predicted molar refractivity (Wildman–Crippen MR) is 50.5 cm³/mol. The Labute approximate surface area is 69.3 Å². The van der Waals surface area contributed by atoms with Crippen molar-refractivity contribution in [1.82, 2.24) is 0 Å². The average molecular weight is 148 g/mol. The van der Waals surface area contributed by atoms with Gasteiger partial charge >= 0.3 is 0 Å². The van der Waals surface area contributed by atoms with Crippen LogP contribution in [0.4, 0.5) is 0 Å². The lowest BCUT2D eigenvalue weighted by molar-refractivity contribution is 0.911. The van der Waals surface area contributed by atoms with Crippen LogP contribution in [0.1, 0.15) is 33.6 Å². The smallest absolute Gasteiger partial charge is 0.0239 e. The molecule has 0 aromatic carbocycles. The van der Waals surface area contributed by atoms with E-state index in [0.29, 0.717) is 0 Å². The zero-order valence-corrected chi connectivity index (χ0v) is 7.65. The minimum absolute atomic E-state index is 1.22. The highest BCUT2D eigenvalue weighted by Crippen LogP contribution is 2.22. The first-order valence-electron chi connectivity index (χ1n) is 4.23. The Kier molecular flexibility index (Phi) is 2.70. The van der Waals surface area contributed by atoms with Crippen molar-refractivity contribution in [1.29, 1.82) is 0 Å². The van der Waals surface area contributed by atoms with Gasteiger partial charge in [-0.1, -0.05) is 29.4 Å². The van der Waals surface area contributed by atoms with Gasteiger partial charge in [-0.05, 0) is 39.2 Å². The van der Waals surface area contributed by atoms with E-state index in [2.05, 4.69) is 39.0 Å². The van der Waals surface area contributed by atoms with E-state index in [0.717, 1.165) is 0 Å².